The lowest BCUT2D eigenvalue weighted by atomic mass is 10.1. The molecule has 7 nitrogen and oxygen atoms in total. The van der Waals surface area contributed by atoms with E-state index in [1.807, 2.05) is 39.0 Å². The van der Waals surface area contributed by atoms with Gasteiger partial charge < -0.3 is 10.6 Å². The molecule has 4 rings (SSSR count). The Bertz CT molecular complexity index is 1410. The van der Waals surface area contributed by atoms with Crippen molar-refractivity contribution in [1.82, 2.24) is 4.98 Å². The van der Waals surface area contributed by atoms with Gasteiger partial charge in [-0.15, -0.1) is 0 Å². The lowest BCUT2D eigenvalue weighted by Crippen LogP contribution is -2.19. The predicted octanol–water partition coefficient (Wildman–Crippen LogP) is 5.67. The second-order valence-electron chi connectivity index (χ2n) is 7.52. The van der Waals surface area contributed by atoms with Crippen molar-refractivity contribution in [3.05, 3.63) is 77.4 Å². The predicted molar refractivity (Wildman–Crippen MR) is 130 cm³/mol. The largest absolute Gasteiger partial charge is 0.323 e. The molecule has 0 fully saturated rings. The van der Waals surface area contributed by atoms with E-state index in [1.165, 1.54) is 11.3 Å². The fourth-order valence-corrected chi connectivity index (χ4v) is 5.32. The van der Waals surface area contributed by atoms with Crippen LogP contribution in [0.2, 0.25) is 0 Å². The number of nitrogens with zero attached hydrogens (tertiary/aromatic N) is 1. The molecule has 3 N–H and O–H groups in total. The Balaban J connectivity index is 1.49. The topological polar surface area (TPSA) is 100 Å². The van der Waals surface area contributed by atoms with Gasteiger partial charge in [-0.25, -0.2) is 18.2 Å². The molecular formula is C23H22N4O3S2. The quantitative estimate of drug-likeness (QED) is 0.353. The number of hydrogen-bond acceptors (Lipinski definition) is 5. The first-order valence-corrected chi connectivity index (χ1v) is 12.1. The molecule has 4 aromatic rings. The molecule has 0 atom stereocenters. The molecule has 32 heavy (non-hydrogen) atoms. The third-order valence-corrected chi connectivity index (χ3v) is 7.25. The summed E-state index contributed by atoms with van der Waals surface area (Å²) >= 11 is 1.20. The van der Waals surface area contributed by atoms with Gasteiger partial charge in [0.1, 0.15) is 0 Å². The van der Waals surface area contributed by atoms with Crippen molar-refractivity contribution in [2.45, 2.75) is 25.7 Å². The van der Waals surface area contributed by atoms with Gasteiger partial charge >= 0.3 is 6.03 Å². The van der Waals surface area contributed by atoms with E-state index in [4.69, 9.17) is 0 Å². The van der Waals surface area contributed by atoms with Gasteiger partial charge in [-0.1, -0.05) is 46.7 Å². The lowest BCUT2D eigenvalue weighted by Gasteiger charge is -2.10. The Kier molecular flexibility index (Phi) is 5.86. The van der Waals surface area contributed by atoms with Gasteiger partial charge in [0.25, 0.3) is 10.0 Å². The number of nitrogens with one attached hydrogen (secondary N) is 3. The van der Waals surface area contributed by atoms with Crippen LogP contribution >= 0.6 is 11.3 Å². The van der Waals surface area contributed by atoms with Crippen molar-refractivity contribution in [3.8, 4) is 0 Å². The van der Waals surface area contributed by atoms with Gasteiger partial charge in [-0.2, -0.15) is 0 Å². The smallest absolute Gasteiger partial charge is 0.308 e. The summed E-state index contributed by atoms with van der Waals surface area (Å²) in [6.07, 6.45) is 0. The van der Waals surface area contributed by atoms with Crippen molar-refractivity contribution < 1.29 is 13.2 Å². The standard InChI is InChI=1S/C23H22N4O3S2/c1-14-4-8-18(9-5-14)32(29,30)27-23-26-20-11-7-17(13-21(20)31-23)24-22(28)25-19-10-6-15(2)12-16(19)3/h4-13H,1-3H3,(H,26,27)(H2,24,25,28). The minimum Gasteiger partial charge on any atom is -0.308 e. The van der Waals surface area contributed by atoms with E-state index in [0.717, 1.165) is 27.1 Å². The number of sulfonamides is 1. The fraction of sp³-hybridized carbons (Fsp3) is 0.130. The molecular weight excluding hydrogens is 444 g/mol. The van der Waals surface area contributed by atoms with Crippen LogP contribution in [-0.2, 0) is 10.0 Å². The number of aryl methyl sites for hydroxylation is 3. The Morgan fingerprint density at radius 3 is 2.31 bits per heavy atom. The number of anilines is 3. The van der Waals surface area contributed by atoms with Gasteiger partial charge in [0, 0.05) is 11.4 Å². The summed E-state index contributed by atoms with van der Waals surface area (Å²) in [6, 6.07) is 17.3. The number of hydrogen-bond donors (Lipinski definition) is 3. The normalized spacial score (nSPS) is 11.3. The van der Waals surface area contributed by atoms with Gasteiger partial charge in [0.2, 0.25) is 0 Å². The van der Waals surface area contributed by atoms with Crippen LogP contribution in [0.4, 0.5) is 21.3 Å². The van der Waals surface area contributed by atoms with Crippen molar-refractivity contribution >= 4 is 54.1 Å². The second kappa shape index (κ2) is 8.60. The van der Waals surface area contributed by atoms with Gasteiger partial charge in [-0.05, 0) is 62.7 Å². The van der Waals surface area contributed by atoms with Crippen LogP contribution in [0.5, 0.6) is 0 Å². The highest BCUT2D eigenvalue weighted by Crippen LogP contribution is 2.30. The minimum absolute atomic E-state index is 0.174. The SMILES string of the molecule is Cc1ccc(S(=O)(=O)Nc2nc3ccc(NC(=O)Nc4ccc(C)cc4C)cc3s2)cc1. The number of urea groups is 1. The molecule has 1 aromatic heterocycles. The van der Waals surface area contributed by atoms with E-state index in [-0.39, 0.29) is 16.1 Å². The summed E-state index contributed by atoms with van der Waals surface area (Å²) < 4.78 is 28.5. The van der Waals surface area contributed by atoms with Crippen LogP contribution in [0.1, 0.15) is 16.7 Å². The molecule has 0 bridgehead atoms. The number of carbonyl (C=O) groups is 1. The highest BCUT2D eigenvalue weighted by Gasteiger charge is 2.17. The maximum absolute atomic E-state index is 12.6. The maximum Gasteiger partial charge on any atom is 0.323 e. The summed E-state index contributed by atoms with van der Waals surface area (Å²) in [4.78, 5) is 16.9. The molecule has 1 heterocycles. The number of benzene rings is 3. The summed E-state index contributed by atoms with van der Waals surface area (Å²) in [6.45, 7) is 5.83. The van der Waals surface area contributed by atoms with Gasteiger partial charge in [0.15, 0.2) is 5.13 Å². The van der Waals surface area contributed by atoms with Gasteiger partial charge in [-0.3, -0.25) is 4.72 Å². The third kappa shape index (κ3) is 4.90. The van der Waals surface area contributed by atoms with E-state index in [1.54, 1.807) is 42.5 Å². The first kappa shape index (κ1) is 21.8. The Morgan fingerprint density at radius 2 is 1.59 bits per heavy atom. The highest BCUT2D eigenvalue weighted by atomic mass is 32.2. The zero-order chi connectivity index (χ0) is 22.9. The molecule has 0 saturated heterocycles. The second-order valence-corrected chi connectivity index (χ2v) is 10.2. The zero-order valence-corrected chi connectivity index (χ0v) is 19.4. The summed E-state index contributed by atoms with van der Waals surface area (Å²) in [5.41, 5.74) is 5.03. The van der Waals surface area contributed by atoms with Crippen molar-refractivity contribution in [2.75, 3.05) is 15.4 Å². The molecule has 0 spiro atoms. The number of rotatable bonds is 5. The zero-order valence-electron chi connectivity index (χ0n) is 17.8. The third-order valence-electron chi connectivity index (χ3n) is 4.83. The van der Waals surface area contributed by atoms with Crippen LogP contribution in [0.15, 0.2) is 65.6 Å². The van der Waals surface area contributed by atoms with Crippen molar-refractivity contribution in [3.63, 3.8) is 0 Å². The molecule has 164 valence electrons. The number of fused-ring (bicyclic) bond motifs is 1. The van der Waals surface area contributed by atoms with E-state index >= 15 is 0 Å². The Labute approximate surface area is 190 Å². The molecule has 2 amide bonds. The Morgan fingerprint density at radius 1 is 0.875 bits per heavy atom. The molecule has 0 radical (unpaired) electrons. The lowest BCUT2D eigenvalue weighted by molar-refractivity contribution is 0.262. The van der Waals surface area contributed by atoms with E-state index in [9.17, 15) is 13.2 Å². The maximum atomic E-state index is 12.6. The molecule has 0 aliphatic rings. The van der Waals surface area contributed by atoms with Crippen LogP contribution in [0, 0.1) is 20.8 Å². The molecule has 0 aliphatic heterocycles. The van der Waals surface area contributed by atoms with Gasteiger partial charge in [0.05, 0.1) is 15.1 Å². The number of aromatic nitrogens is 1. The van der Waals surface area contributed by atoms with Crippen molar-refractivity contribution in [1.29, 1.82) is 0 Å². The summed E-state index contributed by atoms with van der Waals surface area (Å²) in [5, 5.41) is 5.90. The van der Waals surface area contributed by atoms with Crippen LogP contribution < -0.4 is 15.4 Å². The first-order chi connectivity index (χ1) is 15.2. The summed E-state index contributed by atoms with van der Waals surface area (Å²) in [7, 11) is -3.73. The van der Waals surface area contributed by atoms with Crippen LogP contribution in [0.3, 0.4) is 0 Å². The number of amides is 2. The average Bonchev–Trinajstić information content (AvgIpc) is 3.11. The molecule has 0 aliphatic carbocycles. The van der Waals surface area contributed by atoms with E-state index in [2.05, 4.69) is 20.3 Å². The number of thiazole rings is 1. The van der Waals surface area contributed by atoms with Crippen LogP contribution in [-0.4, -0.2) is 19.4 Å². The molecule has 0 unspecified atom stereocenters. The van der Waals surface area contributed by atoms with E-state index < -0.39 is 10.0 Å². The molecule has 3 aromatic carbocycles. The Hall–Kier alpha value is -3.43. The fourth-order valence-electron chi connectivity index (χ4n) is 3.18. The summed E-state index contributed by atoms with van der Waals surface area (Å²) in [5.74, 6) is 0. The first-order valence-electron chi connectivity index (χ1n) is 9.85. The van der Waals surface area contributed by atoms with E-state index in [0.29, 0.717) is 11.2 Å². The minimum atomic E-state index is -3.73. The highest BCUT2D eigenvalue weighted by molar-refractivity contribution is 7.93. The molecule has 0 saturated carbocycles. The monoisotopic (exact) mass is 466 g/mol. The number of carbonyl (C=O) groups excluding carboxylic acids is 1. The van der Waals surface area contributed by atoms with Crippen molar-refractivity contribution in [2.24, 2.45) is 0 Å². The van der Waals surface area contributed by atoms with Crippen LogP contribution in [0.25, 0.3) is 10.2 Å². The molecule has 9 heteroatoms. The average molecular weight is 467 g/mol.